The van der Waals surface area contributed by atoms with Gasteiger partial charge in [0.15, 0.2) is 6.04 Å². The first-order chi connectivity index (χ1) is 15.6. The van der Waals surface area contributed by atoms with E-state index in [0.29, 0.717) is 12.8 Å². The van der Waals surface area contributed by atoms with Gasteiger partial charge in [-0.2, -0.15) is 0 Å². The number of hydrogen-bond donors (Lipinski definition) is 4. The molecule has 33 heavy (non-hydrogen) atoms. The summed E-state index contributed by atoms with van der Waals surface area (Å²) in [6, 6.07) is -1.53. The third-order valence-electron chi connectivity index (χ3n) is 4.65. The lowest BCUT2D eigenvalue weighted by Gasteiger charge is -2.18. The zero-order chi connectivity index (χ0) is 25.1. The van der Waals surface area contributed by atoms with Gasteiger partial charge in [-0.25, -0.2) is 9.36 Å². The quantitative estimate of drug-likeness (QED) is 0.105. The Balaban J connectivity index is 4.23. The summed E-state index contributed by atoms with van der Waals surface area (Å²) in [6.07, 6.45) is 7.52. The number of ether oxygens (including phenoxy) is 1. The highest BCUT2D eigenvalue weighted by molar-refractivity contribution is 7.47. The summed E-state index contributed by atoms with van der Waals surface area (Å²) in [6.45, 7) is 2.15. The van der Waals surface area contributed by atoms with Crippen LogP contribution < -0.4 is 5.32 Å². The molecule has 0 spiro atoms. The molecule has 4 N–H and O–H groups in total. The molecular formula is C21H40NO10P. The zero-order valence-corrected chi connectivity index (χ0v) is 20.6. The van der Waals surface area contributed by atoms with Crippen LogP contribution in [0.2, 0.25) is 0 Å². The first-order valence-electron chi connectivity index (χ1n) is 11.6. The Morgan fingerprint density at radius 3 is 2.03 bits per heavy atom. The van der Waals surface area contributed by atoms with E-state index < -0.39 is 57.6 Å². The predicted molar refractivity (Wildman–Crippen MR) is 120 cm³/mol. The van der Waals surface area contributed by atoms with Crippen molar-refractivity contribution in [2.75, 3.05) is 19.8 Å². The maximum absolute atomic E-state index is 12.0. The van der Waals surface area contributed by atoms with Crippen molar-refractivity contribution in [3.8, 4) is 0 Å². The molecule has 0 saturated carbocycles. The van der Waals surface area contributed by atoms with Crippen LogP contribution >= 0.6 is 7.82 Å². The van der Waals surface area contributed by atoms with Gasteiger partial charge in [0.1, 0.15) is 12.7 Å². The van der Waals surface area contributed by atoms with Crippen LogP contribution in [-0.2, 0) is 32.7 Å². The van der Waals surface area contributed by atoms with E-state index in [4.69, 9.17) is 4.74 Å². The number of aliphatic hydroxyl groups excluding tert-OH is 1. The third kappa shape index (κ3) is 18.6. The molecule has 0 radical (unpaired) electrons. The van der Waals surface area contributed by atoms with E-state index in [2.05, 4.69) is 21.3 Å². The average Bonchev–Trinajstić information content (AvgIpc) is 2.76. The molecule has 0 aliphatic carbocycles. The van der Waals surface area contributed by atoms with Crippen LogP contribution in [0.1, 0.15) is 84.5 Å². The van der Waals surface area contributed by atoms with Crippen LogP contribution in [0, 0.1) is 0 Å². The Labute approximate surface area is 195 Å². The summed E-state index contributed by atoms with van der Waals surface area (Å²) in [5.74, 6) is -2.42. The molecule has 0 aromatic rings. The van der Waals surface area contributed by atoms with E-state index in [1.165, 1.54) is 6.42 Å². The van der Waals surface area contributed by atoms with Crippen LogP contribution in [0.3, 0.4) is 0 Å². The number of amides is 1. The van der Waals surface area contributed by atoms with E-state index in [1.54, 1.807) is 0 Å². The molecule has 0 fully saturated rings. The van der Waals surface area contributed by atoms with Crippen LogP contribution in [0.5, 0.6) is 0 Å². The van der Waals surface area contributed by atoms with Crippen molar-refractivity contribution in [2.45, 2.75) is 96.6 Å². The number of unbranched alkanes of at least 4 members (excludes halogenated alkanes) is 7. The summed E-state index contributed by atoms with van der Waals surface area (Å²) in [5.41, 5.74) is 0. The molecule has 0 rings (SSSR count). The van der Waals surface area contributed by atoms with Gasteiger partial charge in [0, 0.05) is 12.8 Å². The topological polar surface area (TPSA) is 169 Å². The number of carbonyl (C=O) groups is 3. The van der Waals surface area contributed by atoms with Crippen molar-refractivity contribution < 1.29 is 47.8 Å². The van der Waals surface area contributed by atoms with E-state index in [1.807, 2.05) is 6.92 Å². The van der Waals surface area contributed by atoms with E-state index in [9.17, 15) is 34.1 Å². The molecular weight excluding hydrogens is 457 g/mol. The number of nitrogens with one attached hydrogen (secondary N) is 1. The molecule has 0 saturated heterocycles. The number of carboxylic acids is 1. The Kier molecular flexibility index (Phi) is 18.0. The third-order valence-corrected chi connectivity index (χ3v) is 5.60. The van der Waals surface area contributed by atoms with Gasteiger partial charge in [-0.15, -0.1) is 0 Å². The highest BCUT2D eigenvalue weighted by atomic mass is 31.2. The molecule has 0 bridgehead atoms. The van der Waals surface area contributed by atoms with Crippen molar-refractivity contribution in [3.63, 3.8) is 0 Å². The fraction of sp³-hybridized carbons (Fsp3) is 0.857. The van der Waals surface area contributed by atoms with Crippen LogP contribution in [0.4, 0.5) is 0 Å². The van der Waals surface area contributed by atoms with Gasteiger partial charge >= 0.3 is 19.8 Å². The Morgan fingerprint density at radius 2 is 1.42 bits per heavy atom. The fourth-order valence-corrected chi connectivity index (χ4v) is 3.47. The minimum atomic E-state index is -4.70. The largest absolute Gasteiger partial charge is 0.480 e. The maximum atomic E-state index is 12.0. The van der Waals surface area contributed by atoms with Gasteiger partial charge in [0.25, 0.3) is 0 Å². The lowest BCUT2D eigenvalue weighted by molar-refractivity contribution is -0.147. The van der Waals surface area contributed by atoms with Gasteiger partial charge in [-0.3, -0.25) is 18.6 Å². The molecule has 0 aromatic carbocycles. The molecule has 0 aromatic heterocycles. The number of rotatable bonds is 21. The molecule has 1 amide bonds. The number of phosphoric acid groups is 1. The maximum Gasteiger partial charge on any atom is 0.472 e. The highest BCUT2D eigenvalue weighted by Crippen LogP contribution is 2.43. The minimum Gasteiger partial charge on any atom is -0.480 e. The van der Waals surface area contributed by atoms with Crippen molar-refractivity contribution in [1.82, 2.24) is 5.32 Å². The Morgan fingerprint density at radius 1 is 0.848 bits per heavy atom. The van der Waals surface area contributed by atoms with Crippen molar-refractivity contribution >= 4 is 25.7 Å². The number of aliphatic hydroxyl groups is 1. The predicted octanol–water partition coefficient (Wildman–Crippen LogP) is 2.92. The van der Waals surface area contributed by atoms with Crippen LogP contribution in [-0.4, -0.2) is 64.9 Å². The molecule has 0 heterocycles. The van der Waals surface area contributed by atoms with E-state index in [-0.39, 0.29) is 12.8 Å². The number of esters is 1. The van der Waals surface area contributed by atoms with Gasteiger partial charge < -0.3 is 25.2 Å². The number of carbonyl (C=O) groups excluding carboxylic acids is 2. The minimum absolute atomic E-state index is 0.147. The fourth-order valence-electron chi connectivity index (χ4n) is 2.70. The monoisotopic (exact) mass is 497 g/mol. The van der Waals surface area contributed by atoms with Crippen molar-refractivity contribution in [1.29, 1.82) is 0 Å². The lowest BCUT2D eigenvalue weighted by Crippen LogP contribution is -2.43. The van der Waals surface area contributed by atoms with Gasteiger partial charge in [0.05, 0.1) is 13.2 Å². The van der Waals surface area contributed by atoms with Gasteiger partial charge in [-0.05, 0) is 12.8 Å². The molecule has 3 atom stereocenters. The summed E-state index contributed by atoms with van der Waals surface area (Å²) < 4.78 is 26.0. The number of hydrogen-bond acceptors (Lipinski definition) is 8. The van der Waals surface area contributed by atoms with Crippen LogP contribution in [0.15, 0.2) is 0 Å². The summed E-state index contributed by atoms with van der Waals surface area (Å²) in [5, 5.41) is 21.2. The standard InChI is InChI=1S/C21H40NO10P/c1-3-5-7-8-9-10-11-12-19(24)22-18(21(26)27)16-32-33(28,29)31-15-17(23)14-30-20(25)13-6-4-2/h17-18,23H,3-16H2,1-2H3,(H,22,24)(H,26,27)(H,28,29). The summed E-state index contributed by atoms with van der Waals surface area (Å²) in [4.78, 5) is 44.3. The first kappa shape index (κ1) is 31.5. The SMILES string of the molecule is CCCCCCCCCC(=O)NC(COP(=O)(O)OCC(O)COC(=O)CCCC)C(=O)O. The number of phosphoric ester groups is 1. The smallest absolute Gasteiger partial charge is 0.472 e. The molecule has 0 aliphatic heterocycles. The second-order valence-electron chi connectivity index (χ2n) is 7.83. The summed E-state index contributed by atoms with van der Waals surface area (Å²) >= 11 is 0. The second kappa shape index (κ2) is 18.9. The van der Waals surface area contributed by atoms with Crippen LogP contribution in [0.25, 0.3) is 0 Å². The molecule has 11 nitrogen and oxygen atoms in total. The first-order valence-corrected chi connectivity index (χ1v) is 13.1. The molecule has 12 heteroatoms. The highest BCUT2D eigenvalue weighted by Gasteiger charge is 2.28. The van der Waals surface area contributed by atoms with E-state index >= 15 is 0 Å². The normalized spacial score (nSPS) is 14.8. The van der Waals surface area contributed by atoms with E-state index in [0.717, 1.165) is 38.5 Å². The number of aliphatic carboxylic acids is 1. The summed E-state index contributed by atoms with van der Waals surface area (Å²) in [7, 11) is -4.70. The van der Waals surface area contributed by atoms with Gasteiger partial charge in [0.2, 0.25) is 5.91 Å². The lowest BCUT2D eigenvalue weighted by atomic mass is 10.1. The average molecular weight is 498 g/mol. The van der Waals surface area contributed by atoms with Crippen molar-refractivity contribution in [3.05, 3.63) is 0 Å². The Bertz CT molecular complexity index is 616. The Hall–Kier alpha value is -1.52. The zero-order valence-electron chi connectivity index (χ0n) is 19.7. The molecule has 0 aliphatic rings. The molecule has 194 valence electrons. The molecule has 3 unspecified atom stereocenters. The van der Waals surface area contributed by atoms with Gasteiger partial charge in [-0.1, -0.05) is 58.8 Å². The second-order valence-corrected chi connectivity index (χ2v) is 9.28. The number of carboxylic acid groups (broad SMARTS) is 1. The van der Waals surface area contributed by atoms with Crippen molar-refractivity contribution in [2.24, 2.45) is 0 Å².